The Hall–Kier alpha value is -1.06. The van der Waals surface area contributed by atoms with E-state index in [4.69, 9.17) is 5.73 Å². The molecule has 0 unspecified atom stereocenters. The van der Waals surface area contributed by atoms with Crippen LogP contribution in [0.3, 0.4) is 0 Å². The van der Waals surface area contributed by atoms with E-state index in [0.29, 0.717) is 5.96 Å². The van der Waals surface area contributed by atoms with Crippen molar-refractivity contribution in [1.82, 2.24) is 4.90 Å². The van der Waals surface area contributed by atoms with Crippen LogP contribution in [-0.4, -0.2) is 29.4 Å². The maximum Gasteiger partial charge on any atom is 0.257 e. The number of likely N-dealkylation sites (N-methyl/N-ethyl adjacent to an activating group) is 1. The van der Waals surface area contributed by atoms with Crippen molar-refractivity contribution in [3.05, 3.63) is 0 Å². The second kappa shape index (κ2) is 4.21. The molecular formula is C11H21N3O. The van der Waals surface area contributed by atoms with Gasteiger partial charge in [-0.2, -0.15) is 0 Å². The number of nitrogens with zero attached hydrogens (tertiary/aromatic N) is 2. The molecule has 0 saturated heterocycles. The van der Waals surface area contributed by atoms with Crippen LogP contribution in [-0.2, 0) is 4.79 Å². The van der Waals surface area contributed by atoms with Crippen molar-refractivity contribution < 1.29 is 4.79 Å². The molecule has 0 radical (unpaired) electrons. The molecule has 15 heavy (non-hydrogen) atoms. The predicted molar refractivity (Wildman–Crippen MR) is 61.5 cm³/mol. The van der Waals surface area contributed by atoms with Gasteiger partial charge in [-0.05, 0) is 12.3 Å². The molecule has 0 aliphatic carbocycles. The molecule has 1 heterocycles. The van der Waals surface area contributed by atoms with E-state index < -0.39 is 5.54 Å². The third-order valence-electron chi connectivity index (χ3n) is 3.20. The smallest absolute Gasteiger partial charge is 0.257 e. The molecule has 4 heteroatoms. The topological polar surface area (TPSA) is 58.7 Å². The van der Waals surface area contributed by atoms with Crippen molar-refractivity contribution in [3.8, 4) is 0 Å². The van der Waals surface area contributed by atoms with Crippen LogP contribution in [0.5, 0.6) is 0 Å². The van der Waals surface area contributed by atoms with Crippen molar-refractivity contribution in [1.29, 1.82) is 0 Å². The normalized spacial score (nSPS) is 26.3. The lowest BCUT2D eigenvalue weighted by Gasteiger charge is -2.28. The quantitative estimate of drug-likeness (QED) is 0.763. The number of hydrogen-bond acceptors (Lipinski definition) is 3. The summed E-state index contributed by atoms with van der Waals surface area (Å²) in [6.45, 7) is 6.18. The van der Waals surface area contributed by atoms with Gasteiger partial charge in [-0.1, -0.05) is 33.6 Å². The first-order chi connectivity index (χ1) is 6.95. The van der Waals surface area contributed by atoms with Gasteiger partial charge in [0, 0.05) is 7.05 Å². The van der Waals surface area contributed by atoms with Gasteiger partial charge < -0.3 is 5.73 Å². The highest BCUT2D eigenvalue weighted by Gasteiger charge is 2.47. The molecule has 1 aliphatic heterocycles. The van der Waals surface area contributed by atoms with Crippen LogP contribution < -0.4 is 5.73 Å². The number of rotatable bonds is 4. The summed E-state index contributed by atoms with van der Waals surface area (Å²) < 4.78 is 0. The molecule has 1 aliphatic rings. The van der Waals surface area contributed by atoms with E-state index >= 15 is 0 Å². The van der Waals surface area contributed by atoms with E-state index in [2.05, 4.69) is 11.9 Å². The summed E-state index contributed by atoms with van der Waals surface area (Å²) in [5, 5.41) is 0. The SMILES string of the molecule is CCCC[C@@]1(C(C)C)N=C(N)N(C)C1=O. The van der Waals surface area contributed by atoms with Gasteiger partial charge in [-0.25, -0.2) is 4.99 Å². The van der Waals surface area contributed by atoms with Crippen LogP contribution in [0.1, 0.15) is 40.0 Å². The summed E-state index contributed by atoms with van der Waals surface area (Å²) in [7, 11) is 1.69. The lowest BCUT2D eigenvalue weighted by atomic mass is 9.82. The van der Waals surface area contributed by atoms with Crippen LogP contribution in [0.2, 0.25) is 0 Å². The zero-order valence-electron chi connectivity index (χ0n) is 10.1. The van der Waals surface area contributed by atoms with Crippen molar-refractivity contribution in [3.63, 3.8) is 0 Å². The fourth-order valence-corrected chi connectivity index (χ4v) is 2.00. The summed E-state index contributed by atoms with van der Waals surface area (Å²) in [5.41, 5.74) is 5.11. The predicted octanol–water partition coefficient (Wildman–Crippen LogP) is 1.36. The maximum atomic E-state index is 12.1. The fourth-order valence-electron chi connectivity index (χ4n) is 2.00. The van der Waals surface area contributed by atoms with Crippen LogP contribution >= 0.6 is 0 Å². The molecule has 1 amide bonds. The van der Waals surface area contributed by atoms with Crippen molar-refractivity contribution in [2.24, 2.45) is 16.6 Å². The maximum absolute atomic E-state index is 12.1. The minimum absolute atomic E-state index is 0.0449. The number of carbonyl (C=O) groups excluding carboxylic acids is 1. The number of aliphatic imine (C=N–C) groups is 1. The number of amides is 1. The number of hydrogen-bond donors (Lipinski definition) is 1. The average molecular weight is 211 g/mol. The van der Waals surface area contributed by atoms with Crippen molar-refractivity contribution >= 4 is 11.9 Å². The van der Waals surface area contributed by atoms with E-state index in [1.54, 1.807) is 7.05 Å². The Bertz CT molecular complexity index is 286. The molecule has 0 spiro atoms. The fraction of sp³-hybridized carbons (Fsp3) is 0.818. The van der Waals surface area contributed by atoms with Crippen LogP contribution in [0, 0.1) is 5.92 Å². The molecule has 0 fully saturated rings. The van der Waals surface area contributed by atoms with Crippen molar-refractivity contribution in [2.75, 3.05) is 7.05 Å². The third kappa shape index (κ3) is 1.85. The van der Waals surface area contributed by atoms with Gasteiger partial charge in [-0.15, -0.1) is 0 Å². The Morgan fingerprint density at radius 2 is 2.13 bits per heavy atom. The van der Waals surface area contributed by atoms with Gasteiger partial charge in [0.25, 0.3) is 5.91 Å². The van der Waals surface area contributed by atoms with E-state index in [9.17, 15) is 4.79 Å². The summed E-state index contributed by atoms with van der Waals surface area (Å²) in [6.07, 6.45) is 2.88. The van der Waals surface area contributed by atoms with Crippen molar-refractivity contribution in [2.45, 2.75) is 45.6 Å². The lowest BCUT2D eigenvalue weighted by Crippen LogP contribution is -2.45. The number of guanidine groups is 1. The molecule has 0 aromatic carbocycles. The zero-order chi connectivity index (χ0) is 11.6. The molecule has 4 nitrogen and oxygen atoms in total. The molecular weight excluding hydrogens is 190 g/mol. The number of unbranched alkanes of at least 4 members (excludes halogenated alkanes) is 1. The lowest BCUT2D eigenvalue weighted by molar-refractivity contribution is -0.132. The van der Waals surface area contributed by atoms with Gasteiger partial charge in [0.2, 0.25) is 0 Å². The van der Waals surface area contributed by atoms with E-state index in [0.717, 1.165) is 19.3 Å². The summed E-state index contributed by atoms with van der Waals surface area (Å²) >= 11 is 0. The molecule has 2 N–H and O–H groups in total. The van der Waals surface area contributed by atoms with E-state index in [1.165, 1.54) is 4.90 Å². The highest BCUT2D eigenvalue weighted by Crippen LogP contribution is 2.33. The standard InChI is InChI=1S/C11H21N3O/c1-5-6-7-11(8(2)3)9(15)14(4)10(12)13-11/h8H,5-7H2,1-4H3,(H2,12,13)/t11-/m0/s1. The van der Waals surface area contributed by atoms with Crippen LogP contribution in [0.15, 0.2) is 4.99 Å². The average Bonchev–Trinajstić information content (AvgIpc) is 2.41. The second-order valence-electron chi connectivity index (χ2n) is 4.52. The highest BCUT2D eigenvalue weighted by molar-refractivity contribution is 6.06. The van der Waals surface area contributed by atoms with Gasteiger partial charge in [0.15, 0.2) is 5.96 Å². The first kappa shape index (κ1) is 12.0. The molecule has 0 aromatic heterocycles. The van der Waals surface area contributed by atoms with E-state index in [1.807, 2.05) is 13.8 Å². The first-order valence-electron chi connectivity index (χ1n) is 5.59. The van der Waals surface area contributed by atoms with Gasteiger partial charge in [0.05, 0.1) is 0 Å². The summed E-state index contributed by atoms with van der Waals surface area (Å²) in [5.74, 6) is 0.591. The Morgan fingerprint density at radius 1 is 1.53 bits per heavy atom. The third-order valence-corrected chi connectivity index (χ3v) is 3.20. The minimum atomic E-state index is -0.602. The Labute approximate surface area is 91.5 Å². The zero-order valence-corrected chi connectivity index (χ0v) is 10.1. The van der Waals surface area contributed by atoms with E-state index in [-0.39, 0.29) is 11.8 Å². The molecule has 1 atom stereocenters. The first-order valence-corrected chi connectivity index (χ1v) is 5.59. The Morgan fingerprint density at radius 3 is 2.47 bits per heavy atom. The van der Waals surface area contributed by atoms with Gasteiger partial charge >= 0.3 is 0 Å². The Kier molecular flexibility index (Phi) is 3.37. The highest BCUT2D eigenvalue weighted by atomic mass is 16.2. The molecule has 0 bridgehead atoms. The summed E-state index contributed by atoms with van der Waals surface area (Å²) in [4.78, 5) is 18.0. The number of carbonyl (C=O) groups is 1. The Balaban J connectivity index is 2.97. The minimum Gasteiger partial charge on any atom is -0.369 e. The monoisotopic (exact) mass is 211 g/mol. The van der Waals surface area contributed by atoms with Crippen LogP contribution in [0.25, 0.3) is 0 Å². The molecule has 1 rings (SSSR count). The molecule has 0 saturated carbocycles. The molecule has 86 valence electrons. The largest absolute Gasteiger partial charge is 0.369 e. The van der Waals surface area contributed by atoms with Gasteiger partial charge in [0.1, 0.15) is 5.54 Å². The second-order valence-corrected chi connectivity index (χ2v) is 4.52. The van der Waals surface area contributed by atoms with Gasteiger partial charge in [-0.3, -0.25) is 9.69 Å². The number of nitrogens with two attached hydrogens (primary N) is 1. The summed E-state index contributed by atoms with van der Waals surface area (Å²) in [6, 6.07) is 0. The van der Waals surface area contributed by atoms with Crippen LogP contribution in [0.4, 0.5) is 0 Å². The molecule has 0 aromatic rings.